The molecular weight excluding hydrogens is 266 g/mol. The summed E-state index contributed by atoms with van der Waals surface area (Å²) in [5, 5.41) is 8.91. The molecule has 1 aliphatic heterocycles. The highest BCUT2D eigenvalue weighted by molar-refractivity contribution is 5.81. The molecule has 0 unspecified atom stereocenters. The molecule has 1 aromatic carbocycles. The van der Waals surface area contributed by atoms with E-state index in [0.717, 1.165) is 41.2 Å². The van der Waals surface area contributed by atoms with Crippen LogP contribution in [0.4, 0.5) is 0 Å². The number of nitrogens with zero attached hydrogens (tertiary/aromatic N) is 3. The Kier molecular flexibility index (Phi) is 3.70. The summed E-state index contributed by atoms with van der Waals surface area (Å²) in [5.74, 6) is 2.99. The van der Waals surface area contributed by atoms with Gasteiger partial charge in [-0.3, -0.25) is 0 Å². The van der Waals surface area contributed by atoms with E-state index in [1.165, 1.54) is 0 Å². The van der Waals surface area contributed by atoms with E-state index in [0.29, 0.717) is 18.9 Å². The number of benzene rings is 1. The number of rotatable bonds is 5. The van der Waals surface area contributed by atoms with Gasteiger partial charge in [-0.25, -0.2) is 4.98 Å². The molecule has 0 bridgehead atoms. The quantitative estimate of drug-likeness (QED) is 0.842. The van der Waals surface area contributed by atoms with Gasteiger partial charge >= 0.3 is 0 Å². The zero-order chi connectivity index (χ0) is 14.8. The van der Waals surface area contributed by atoms with Crippen LogP contribution in [0.1, 0.15) is 44.9 Å². The average molecular weight is 285 g/mol. The first-order chi connectivity index (χ1) is 10.3. The van der Waals surface area contributed by atoms with Gasteiger partial charge in [0.2, 0.25) is 6.79 Å². The number of hydrogen-bond acceptors (Lipinski definition) is 4. The molecule has 0 N–H and O–H groups in total. The molecule has 0 radical (unpaired) electrons. The van der Waals surface area contributed by atoms with Gasteiger partial charge in [0.05, 0.1) is 23.5 Å². The highest BCUT2D eigenvalue weighted by Gasteiger charge is 2.21. The van der Waals surface area contributed by atoms with Crippen LogP contribution in [-0.4, -0.2) is 16.3 Å². The second kappa shape index (κ2) is 5.65. The molecule has 0 saturated carbocycles. The van der Waals surface area contributed by atoms with Gasteiger partial charge in [-0.05, 0) is 12.8 Å². The molecule has 2 heterocycles. The van der Waals surface area contributed by atoms with Crippen molar-refractivity contribution < 1.29 is 9.47 Å². The van der Waals surface area contributed by atoms with Crippen LogP contribution in [0, 0.1) is 11.3 Å². The van der Waals surface area contributed by atoms with Crippen molar-refractivity contribution in [1.82, 2.24) is 9.55 Å². The Morgan fingerprint density at radius 3 is 2.67 bits per heavy atom. The van der Waals surface area contributed by atoms with Gasteiger partial charge in [0, 0.05) is 24.6 Å². The lowest BCUT2D eigenvalue weighted by atomic mass is 10.0. The molecular formula is C16H19N3O2. The molecule has 5 heteroatoms. The van der Waals surface area contributed by atoms with E-state index in [9.17, 15) is 0 Å². The number of aromatic nitrogens is 2. The summed E-state index contributed by atoms with van der Waals surface area (Å²) in [6.45, 7) is 5.28. The third-order valence-electron chi connectivity index (χ3n) is 4.07. The number of aryl methyl sites for hydroxylation is 1. The zero-order valence-corrected chi connectivity index (χ0v) is 12.4. The van der Waals surface area contributed by atoms with Gasteiger partial charge in [-0.1, -0.05) is 13.8 Å². The first-order valence-electron chi connectivity index (χ1n) is 7.45. The van der Waals surface area contributed by atoms with Gasteiger partial charge in [0.25, 0.3) is 0 Å². The number of ether oxygens (including phenoxy) is 2. The molecule has 21 heavy (non-hydrogen) atoms. The lowest BCUT2D eigenvalue weighted by molar-refractivity contribution is 0.174. The van der Waals surface area contributed by atoms with Gasteiger partial charge in [-0.2, -0.15) is 5.26 Å². The van der Waals surface area contributed by atoms with Gasteiger partial charge in [0.15, 0.2) is 11.5 Å². The fraction of sp³-hybridized carbons (Fsp3) is 0.500. The van der Waals surface area contributed by atoms with E-state index >= 15 is 0 Å². The van der Waals surface area contributed by atoms with Crippen LogP contribution in [0.15, 0.2) is 12.1 Å². The minimum absolute atomic E-state index is 0.263. The molecule has 5 nitrogen and oxygen atoms in total. The highest BCUT2D eigenvalue weighted by atomic mass is 16.7. The van der Waals surface area contributed by atoms with Crippen LogP contribution < -0.4 is 9.47 Å². The van der Waals surface area contributed by atoms with Crippen LogP contribution in [0.3, 0.4) is 0 Å². The highest BCUT2D eigenvalue weighted by Crippen LogP contribution is 2.37. The number of fused-ring (bicyclic) bond motifs is 2. The predicted octanol–water partition coefficient (Wildman–Crippen LogP) is 3.58. The molecule has 0 saturated heterocycles. The van der Waals surface area contributed by atoms with E-state index in [4.69, 9.17) is 19.7 Å². The predicted molar refractivity (Wildman–Crippen MR) is 79.4 cm³/mol. The third kappa shape index (κ3) is 2.31. The monoisotopic (exact) mass is 285 g/mol. The number of nitriles is 1. The smallest absolute Gasteiger partial charge is 0.231 e. The summed E-state index contributed by atoms with van der Waals surface area (Å²) in [4.78, 5) is 4.80. The van der Waals surface area contributed by atoms with Crippen molar-refractivity contribution in [2.24, 2.45) is 0 Å². The Balaban J connectivity index is 2.15. The van der Waals surface area contributed by atoms with Crippen molar-refractivity contribution in [3.8, 4) is 17.6 Å². The molecule has 0 atom stereocenters. The standard InChI is InChI=1S/C16H19N3O2/c1-3-11(4-2)16-18-12-8-14-15(21-10-20-14)9-13(12)19(16)7-5-6-17/h8-9,11H,3-5,7,10H2,1-2H3. The fourth-order valence-corrected chi connectivity index (χ4v) is 2.90. The van der Waals surface area contributed by atoms with Crippen molar-refractivity contribution in [3.63, 3.8) is 0 Å². The maximum absolute atomic E-state index is 8.91. The fourth-order valence-electron chi connectivity index (χ4n) is 2.90. The van der Waals surface area contributed by atoms with E-state index in [-0.39, 0.29) is 6.79 Å². The minimum Gasteiger partial charge on any atom is -0.454 e. The van der Waals surface area contributed by atoms with Gasteiger partial charge in [-0.15, -0.1) is 0 Å². The van der Waals surface area contributed by atoms with Crippen molar-refractivity contribution >= 4 is 11.0 Å². The third-order valence-corrected chi connectivity index (χ3v) is 4.07. The van der Waals surface area contributed by atoms with E-state index in [1.54, 1.807) is 0 Å². The molecule has 0 fully saturated rings. The summed E-state index contributed by atoms with van der Waals surface area (Å²) in [6.07, 6.45) is 2.56. The Morgan fingerprint density at radius 1 is 1.29 bits per heavy atom. The van der Waals surface area contributed by atoms with Crippen LogP contribution in [0.25, 0.3) is 11.0 Å². The van der Waals surface area contributed by atoms with Crippen LogP contribution in [0.2, 0.25) is 0 Å². The van der Waals surface area contributed by atoms with E-state index in [2.05, 4.69) is 24.5 Å². The van der Waals surface area contributed by atoms with E-state index < -0.39 is 0 Å². The molecule has 0 spiro atoms. The Bertz CT molecular complexity index is 696. The SMILES string of the molecule is CCC(CC)c1nc2cc3c(cc2n1CCC#N)OCO3. The van der Waals surface area contributed by atoms with Crippen LogP contribution in [-0.2, 0) is 6.54 Å². The molecule has 0 aliphatic carbocycles. The Labute approximate surface area is 124 Å². The topological polar surface area (TPSA) is 60.1 Å². The maximum atomic E-state index is 8.91. The van der Waals surface area contributed by atoms with Gasteiger partial charge < -0.3 is 14.0 Å². The summed E-state index contributed by atoms with van der Waals surface area (Å²) in [5.41, 5.74) is 1.94. The second-order valence-corrected chi connectivity index (χ2v) is 5.24. The molecule has 3 rings (SSSR count). The largest absolute Gasteiger partial charge is 0.454 e. The first kappa shape index (κ1) is 13.7. The van der Waals surface area contributed by atoms with E-state index in [1.807, 2.05) is 12.1 Å². The average Bonchev–Trinajstić information content (AvgIpc) is 3.08. The molecule has 110 valence electrons. The zero-order valence-electron chi connectivity index (χ0n) is 12.4. The Hall–Kier alpha value is -2.22. The minimum atomic E-state index is 0.263. The van der Waals surface area contributed by atoms with Crippen molar-refractivity contribution in [2.75, 3.05) is 6.79 Å². The first-order valence-corrected chi connectivity index (χ1v) is 7.45. The second-order valence-electron chi connectivity index (χ2n) is 5.24. The Morgan fingerprint density at radius 2 is 2.00 bits per heavy atom. The lowest BCUT2D eigenvalue weighted by Gasteiger charge is -2.14. The number of hydrogen-bond donors (Lipinski definition) is 0. The normalized spacial score (nSPS) is 13.0. The van der Waals surface area contributed by atoms with Crippen molar-refractivity contribution in [1.29, 1.82) is 5.26 Å². The van der Waals surface area contributed by atoms with Crippen LogP contribution >= 0.6 is 0 Å². The van der Waals surface area contributed by atoms with Crippen molar-refractivity contribution in [3.05, 3.63) is 18.0 Å². The number of imidazole rings is 1. The molecule has 1 aliphatic rings. The van der Waals surface area contributed by atoms with Gasteiger partial charge in [0.1, 0.15) is 5.82 Å². The summed E-state index contributed by atoms with van der Waals surface area (Å²) < 4.78 is 13.1. The maximum Gasteiger partial charge on any atom is 0.231 e. The molecule has 1 aromatic heterocycles. The molecule has 0 amide bonds. The summed E-state index contributed by atoms with van der Waals surface area (Å²) >= 11 is 0. The van der Waals surface area contributed by atoms with Crippen LogP contribution in [0.5, 0.6) is 11.5 Å². The molecule has 2 aromatic rings. The van der Waals surface area contributed by atoms with Crippen molar-refractivity contribution in [2.45, 2.75) is 45.6 Å². The summed E-state index contributed by atoms with van der Waals surface area (Å²) in [7, 11) is 0. The lowest BCUT2D eigenvalue weighted by Crippen LogP contribution is -2.08. The summed E-state index contributed by atoms with van der Waals surface area (Å²) in [6, 6.07) is 6.14.